The Morgan fingerprint density at radius 3 is 2.81 bits per heavy atom. The van der Waals surface area contributed by atoms with Gasteiger partial charge in [0.15, 0.2) is 5.65 Å². The van der Waals surface area contributed by atoms with E-state index >= 15 is 0 Å². The zero-order valence-electron chi connectivity index (χ0n) is 16.7. The van der Waals surface area contributed by atoms with Crippen molar-refractivity contribution in [1.29, 1.82) is 0 Å². The molecular weight excluding hydrogens is 405 g/mol. The standard InChI is InChI=1S/C20H22FN7O3/c1-22-17-8-16(24-12-3-2-6-27(20(12)31)14-4-5-15(14)29)26-18-10(9-23-28(17)18)19(30)25-13-7-11(13)21/h2-3,6,8-9,11,13-15,22,29H,4-5,7H2,1H3,(H,24,26)(H,25,30)/t11-,13+,14+,15-/m0/s1. The molecule has 0 spiro atoms. The van der Waals surface area contributed by atoms with Gasteiger partial charge in [-0.3, -0.25) is 9.59 Å². The number of fused-ring (bicyclic) bond motifs is 1. The van der Waals surface area contributed by atoms with E-state index in [1.54, 1.807) is 31.4 Å². The first-order valence-corrected chi connectivity index (χ1v) is 10.1. The van der Waals surface area contributed by atoms with Crippen molar-refractivity contribution < 1.29 is 14.3 Å². The number of nitrogens with one attached hydrogen (secondary N) is 3. The summed E-state index contributed by atoms with van der Waals surface area (Å²) in [6.07, 6.45) is 3.22. The van der Waals surface area contributed by atoms with Crippen molar-refractivity contribution in [3.05, 3.63) is 46.5 Å². The van der Waals surface area contributed by atoms with Crippen LogP contribution in [0.4, 0.5) is 21.7 Å². The molecule has 11 heteroatoms. The minimum atomic E-state index is -1.02. The molecule has 3 aromatic heterocycles. The molecule has 0 aromatic carbocycles. The van der Waals surface area contributed by atoms with Crippen molar-refractivity contribution in [1.82, 2.24) is 24.5 Å². The summed E-state index contributed by atoms with van der Waals surface area (Å²) in [5, 5.41) is 22.8. The smallest absolute Gasteiger partial charge is 0.274 e. The Hall–Kier alpha value is -3.47. The molecule has 4 atom stereocenters. The van der Waals surface area contributed by atoms with E-state index < -0.39 is 24.2 Å². The predicted octanol–water partition coefficient (Wildman–Crippen LogP) is 1.21. The van der Waals surface area contributed by atoms with E-state index in [4.69, 9.17) is 0 Å². The number of nitrogens with zero attached hydrogens (tertiary/aromatic N) is 4. The number of rotatable bonds is 6. The van der Waals surface area contributed by atoms with E-state index in [-0.39, 0.29) is 22.8 Å². The summed E-state index contributed by atoms with van der Waals surface area (Å²) < 4.78 is 16.2. The largest absolute Gasteiger partial charge is 0.391 e. The van der Waals surface area contributed by atoms with Crippen LogP contribution >= 0.6 is 0 Å². The van der Waals surface area contributed by atoms with Crippen LogP contribution in [0.5, 0.6) is 0 Å². The first kappa shape index (κ1) is 19.5. The van der Waals surface area contributed by atoms with E-state index in [1.165, 1.54) is 15.3 Å². The predicted molar refractivity (Wildman–Crippen MR) is 112 cm³/mol. The number of amides is 1. The quantitative estimate of drug-likeness (QED) is 0.466. The number of carbonyl (C=O) groups excluding carboxylic acids is 1. The summed E-state index contributed by atoms with van der Waals surface area (Å²) >= 11 is 0. The second-order valence-corrected chi connectivity index (χ2v) is 7.87. The number of aromatic nitrogens is 4. The Kier molecular flexibility index (Phi) is 4.62. The van der Waals surface area contributed by atoms with Gasteiger partial charge < -0.3 is 25.6 Å². The molecule has 0 unspecified atom stereocenters. The van der Waals surface area contributed by atoms with Gasteiger partial charge in [-0.05, 0) is 25.0 Å². The summed E-state index contributed by atoms with van der Waals surface area (Å²) in [6.45, 7) is 0. The van der Waals surface area contributed by atoms with Crippen LogP contribution in [0.25, 0.3) is 5.65 Å². The number of pyridine rings is 1. The van der Waals surface area contributed by atoms with Gasteiger partial charge in [0.2, 0.25) is 0 Å². The second-order valence-electron chi connectivity index (χ2n) is 7.87. The molecule has 2 fully saturated rings. The molecule has 31 heavy (non-hydrogen) atoms. The molecule has 162 valence electrons. The fourth-order valence-corrected chi connectivity index (χ4v) is 3.72. The minimum absolute atomic E-state index is 0.210. The van der Waals surface area contributed by atoms with Crippen LogP contribution in [0.15, 0.2) is 35.4 Å². The van der Waals surface area contributed by atoms with E-state index in [2.05, 4.69) is 26.0 Å². The van der Waals surface area contributed by atoms with E-state index in [0.717, 1.165) is 6.42 Å². The molecular formula is C20H22FN7O3. The lowest BCUT2D eigenvalue weighted by atomic mass is 9.89. The zero-order chi connectivity index (χ0) is 21.7. The summed E-state index contributed by atoms with van der Waals surface area (Å²) in [4.78, 5) is 29.9. The lowest BCUT2D eigenvalue weighted by molar-refractivity contribution is 0.0300. The average molecular weight is 427 g/mol. The van der Waals surface area contributed by atoms with Gasteiger partial charge in [0.05, 0.1) is 24.4 Å². The molecule has 0 aliphatic heterocycles. The molecule has 0 radical (unpaired) electrons. The van der Waals surface area contributed by atoms with Crippen molar-refractivity contribution >= 4 is 28.9 Å². The van der Waals surface area contributed by atoms with Crippen molar-refractivity contribution in [2.75, 3.05) is 17.7 Å². The maximum atomic E-state index is 13.2. The third-order valence-corrected chi connectivity index (χ3v) is 5.80. The van der Waals surface area contributed by atoms with Gasteiger partial charge in [-0.15, -0.1) is 0 Å². The summed E-state index contributed by atoms with van der Waals surface area (Å²) in [5.74, 6) is 0.435. The van der Waals surface area contributed by atoms with Gasteiger partial charge in [0.1, 0.15) is 29.1 Å². The van der Waals surface area contributed by atoms with Gasteiger partial charge in [-0.25, -0.2) is 9.37 Å². The van der Waals surface area contributed by atoms with Crippen LogP contribution in [-0.2, 0) is 0 Å². The lowest BCUT2D eigenvalue weighted by Crippen LogP contribution is -2.39. The second kappa shape index (κ2) is 7.34. The normalized spacial score (nSPS) is 24.5. The molecule has 0 bridgehead atoms. The molecule has 2 saturated carbocycles. The topological polar surface area (TPSA) is 126 Å². The Balaban J connectivity index is 1.49. The van der Waals surface area contributed by atoms with Crippen LogP contribution < -0.4 is 21.5 Å². The summed E-state index contributed by atoms with van der Waals surface area (Å²) in [7, 11) is 1.70. The molecule has 2 aliphatic carbocycles. The Labute approximate surface area is 176 Å². The minimum Gasteiger partial charge on any atom is -0.391 e. The van der Waals surface area contributed by atoms with Gasteiger partial charge in [0.25, 0.3) is 11.5 Å². The van der Waals surface area contributed by atoms with Gasteiger partial charge >= 0.3 is 0 Å². The van der Waals surface area contributed by atoms with Crippen LogP contribution in [-0.4, -0.2) is 55.5 Å². The fourth-order valence-electron chi connectivity index (χ4n) is 3.72. The number of aliphatic hydroxyl groups excluding tert-OH is 1. The Morgan fingerprint density at radius 1 is 1.35 bits per heavy atom. The summed E-state index contributed by atoms with van der Waals surface area (Å²) in [5.41, 5.74) is 0.508. The molecule has 3 aromatic rings. The molecule has 3 heterocycles. The van der Waals surface area contributed by atoms with Gasteiger partial charge in [0, 0.05) is 25.7 Å². The number of aliphatic hydroxyl groups is 1. The van der Waals surface area contributed by atoms with E-state index in [9.17, 15) is 19.1 Å². The number of carbonyl (C=O) groups is 1. The lowest BCUT2D eigenvalue weighted by Gasteiger charge is -2.34. The monoisotopic (exact) mass is 427 g/mol. The van der Waals surface area contributed by atoms with Crippen molar-refractivity contribution in [2.24, 2.45) is 0 Å². The van der Waals surface area contributed by atoms with Gasteiger partial charge in [-0.1, -0.05) is 0 Å². The van der Waals surface area contributed by atoms with E-state index in [0.29, 0.717) is 30.2 Å². The maximum absolute atomic E-state index is 13.2. The molecule has 4 N–H and O–H groups in total. The number of alkyl halides is 1. The third-order valence-electron chi connectivity index (χ3n) is 5.80. The van der Waals surface area contributed by atoms with Crippen LogP contribution in [0, 0.1) is 0 Å². The first-order chi connectivity index (χ1) is 15.0. The molecule has 0 saturated heterocycles. The van der Waals surface area contributed by atoms with Crippen LogP contribution in [0.3, 0.4) is 0 Å². The van der Waals surface area contributed by atoms with E-state index in [1.807, 2.05) is 0 Å². The molecule has 10 nitrogen and oxygen atoms in total. The number of hydrogen-bond acceptors (Lipinski definition) is 7. The average Bonchev–Trinajstić information content (AvgIpc) is 3.26. The fraction of sp³-hybridized carbons (Fsp3) is 0.400. The highest BCUT2D eigenvalue weighted by Crippen LogP contribution is 2.31. The highest BCUT2D eigenvalue weighted by atomic mass is 19.1. The summed E-state index contributed by atoms with van der Waals surface area (Å²) in [6, 6.07) is 4.32. The van der Waals surface area contributed by atoms with Crippen molar-refractivity contribution in [3.63, 3.8) is 0 Å². The number of hydrogen-bond donors (Lipinski definition) is 4. The number of anilines is 3. The maximum Gasteiger partial charge on any atom is 0.274 e. The highest BCUT2D eigenvalue weighted by Gasteiger charge is 2.39. The van der Waals surface area contributed by atoms with Crippen LogP contribution in [0.1, 0.15) is 35.7 Å². The highest BCUT2D eigenvalue weighted by molar-refractivity contribution is 6.00. The number of halogens is 1. The van der Waals surface area contributed by atoms with Crippen molar-refractivity contribution in [3.8, 4) is 0 Å². The molecule has 5 rings (SSSR count). The zero-order valence-corrected chi connectivity index (χ0v) is 16.7. The van der Waals surface area contributed by atoms with Crippen molar-refractivity contribution in [2.45, 2.75) is 43.6 Å². The molecule has 1 amide bonds. The SMILES string of the molecule is CNc1cc(Nc2cccn([C@@H]3CC[C@@H]3O)c2=O)nc2c(C(=O)N[C@@H]3C[C@@H]3F)cnn12. The Bertz CT molecular complexity index is 1220. The van der Waals surface area contributed by atoms with Crippen LogP contribution in [0.2, 0.25) is 0 Å². The first-order valence-electron chi connectivity index (χ1n) is 10.1. The Morgan fingerprint density at radius 2 is 2.16 bits per heavy atom. The third kappa shape index (κ3) is 3.40. The van der Waals surface area contributed by atoms with Gasteiger partial charge in [-0.2, -0.15) is 9.61 Å². The molecule has 2 aliphatic rings.